The third-order valence-electron chi connectivity index (χ3n) is 5.36. The summed E-state index contributed by atoms with van der Waals surface area (Å²) in [6.07, 6.45) is 5.00. The normalized spacial score (nSPS) is 24.3. The summed E-state index contributed by atoms with van der Waals surface area (Å²) in [7, 11) is 0. The van der Waals surface area contributed by atoms with Gasteiger partial charge in [-0.25, -0.2) is 0 Å². The number of fused-ring (bicyclic) bond motifs is 2. The van der Waals surface area contributed by atoms with Crippen molar-refractivity contribution < 1.29 is 9.53 Å². The first kappa shape index (κ1) is 16.1. The van der Waals surface area contributed by atoms with E-state index in [4.69, 9.17) is 4.74 Å². The fraction of sp³-hybridized carbons (Fsp3) is 0.389. The Balaban J connectivity index is 1.24. The highest BCUT2D eigenvalue weighted by Gasteiger charge is 2.44. The molecule has 5 heterocycles. The molecule has 0 saturated carbocycles. The molecule has 0 radical (unpaired) electrons. The van der Waals surface area contributed by atoms with Crippen molar-refractivity contribution in [3.8, 4) is 0 Å². The SMILES string of the molecule is O=C(NC[C@@H]1CO[C@H]2CN(c3ccc4nncn4n3)C[C@@H]12)c1cccnc1. The molecule has 0 unspecified atom stereocenters. The average Bonchev–Trinajstić information content (AvgIpc) is 3.42. The Morgan fingerprint density at radius 1 is 1.30 bits per heavy atom. The Hall–Kier alpha value is -3.07. The van der Waals surface area contributed by atoms with E-state index in [0.717, 1.165) is 24.6 Å². The lowest BCUT2D eigenvalue weighted by molar-refractivity contribution is 0.0939. The van der Waals surface area contributed by atoms with Gasteiger partial charge in [-0.05, 0) is 24.3 Å². The quantitative estimate of drug-likeness (QED) is 0.715. The summed E-state index contributed by atoms with van der Waals surface area (Å²) in [5, 5.41) is 15.4. The van der Waals surface area contributed by atoms with Crippen LogP contribution in [0.4, 0.5) is 5.82 Å². The van der Waals surface area contributed by atoms with Crippen LogP contribution in [0.1, 0.15) is 10.4 Å². The van der Waals surface area contributed by atoms with E-state index in [1.165, 1.54) is 0 Å². The molecule has 0 aromatic carbocycles. The van der Waals surface area contributed by atoms with Crippen molar-refractivity contribution in [3.05, 3.63) is 48.5 Å². The fourth-order valence-corrected chi connectivity index (χ4v) is 3.91. The van der Waals surface area contributed by atoms with Crippen LogP contribution in [-0.4, -0.2) is 63.0 Å². The number of anilines is 1. The summed E-state index contributed by atoms with van der Waals surface area (Å²) in [5.74, 6) is 1.46. The molecule has 3 atom stereocenters. The molecule has 27 heavy (non-hydrogen) atoms. The van der Waals surface area contributed by atoms with Crippen LogP contribution in [-0.2, 0) is 4.74 Å². The summed E-state index contributed by atoms with van der Waals surface area (Å²) in [4.78, 5) is 18.5. The van der Waals surface area contributed by atoms with Crippen LogP contribution >= 0.6 is 0 Å². The predicted molar refractivity (Wildman–Crippen MR) is 96.3 cm³/mol. The minimum atomic E-state index is -0.0962. The number of carbonyl (C=O) groups excluding carboxylic acids is 1. The fourth-order valence-electron chi connectivity index (χ4n) is 3.91. The van der Waals surface area contributed by atoms with Crippen molar-refractivity contribution in [1.29, 1.82) is 0 Å². The molecule has 9 heteroatoms. The smallest absolute Gasteiger partial charge is 0.252 e. The number of nitrogens with zero attached hydrogens (tertiary/aromatic N) is 6. The number of carbonyl (C=O) groups is 1. The maximum absolute atomic E-state index is 12.3. The molecule has 1 N–H and O–H groups in total. The highest BCUT2D eigenvalue weighted by Crippen LogP contribution is 2.35. The number of rotatable bonds is 4. The number of hydrogen-bond acceptors (Lipinski definition) is 7. The first-order valence-electron chi connectivity index (χ1n) is 9.00. The molecule has 0 spiro atoms. The Bertz CT molecular complexity index is 961. The van der Waals surface area contributed by atoms with Gasteiger partial charge in [0.15, 0.2) is 5.65 Å². The Morgan fingerprint density at radius 2 is 2.26 bits per heavy atom. The third-order valence-corrected chi connectivity index (χ3v) is 5.36. The zero-order valence-corrected chi connectivity index (χ0v) is 14.6. The summed E-state index contributed by atoms with van der Waals surface area (Å²) < 4.78 is 7.66. The van der Waals surface area contributed by atoms with Crippen molar-refractivity contribution in [2.45, 2.75) is 6.10 Å². The molecular formula is C18H19N7O2. The molecule has 2 fully saturated rings. The van der Waals surface area contributed by atoms with Crippen LogP contribution < -0.4 is 10.2 Å². The Kier molecular flexibility index (Phi) is 3.93. The summed E-state index contributed by atoms with van der Waals surface area (Å²) >= 11 is 0. The number of amides is 1. The molecule has 2 saturated heterocycles. The van der Waals surface area contributed by atoms with Crippen LogP contribution in [0.5, 0.6) is 0 Å². The van der Waals surface area contributed by atoms with Gasteiger partial charge in [0.2, 0.25) is 0 Å². The minimum Gasteiger partial charge on any atom is -0.376 e. The van der Waals surface area contributed by atoms with Crippen LogP contribution in [0.15, 0.2) is 43.0 Å². The molecule has 3 aromatic heterocycles. The van der Waals surface area contributed by atoms with Gasteiger partial charge < -0.3 is 15.0 Å². The standard InChI is InChI=1S/C18H19N7O2/c26-18(12-2-1-5-19-6-12)20-7-13-10-27-15-9-24(8-14(13)15)17-4-3-16-22-21-11-25(16)23-17/h1-6,11,13-15H,7-10H2,(H,20,26)/t13-,14+,15+/m1/s1. The number of aromatic nitrogens is 5. The van der Waals surface area contributed by atoms with Crippen molar-refractivity contribution in [3.63, 3.8) is 0 Å². The average molecular weight is 365 g/mol. The monoisotopic (exact) mass is 365 g/mol. The summed E-state index contributed by atoms with van der Waals surface area (Å²) in [5.41, 5.74) is 1.30. The van der Waals surface area contributed by atoms with Gasteiger partial charge in [0.1, 0.15) is 12.1 Å². The van der Waals surface area contributed by atoms with Gasteiger partial charge in [-0.3, -0.25) is 9.78 Å². The minimum absolute atomic E-state index is 0.0962. The van der Waals surface area contributed by atoms with E-state index in [2.05, 4.69) is 30.5 Å². The molecule has 3 aromatic rings. The number of ether oxygens (including phenoxy) is 1. The maximum atomic E-state index is 12.3. The van der Waals surface area contributed by atoms with Gasteiger partial charge in [-0.1, -0.05) is 0 Å². The second-order valence-electron chi connectivity index (χ2n) is 6.98. The van der Waals surface area contributed by atoms with Gasteiger partial charge in [-0.2, -0.15) is 4.52 Å². The van der Waals surface area contributed by atoms with Crippen molar-refractivity contribution in [2.24, 2.45) is 11.8 Å². The molecule has 5 rings (SSSR count). The Morgan fingerprint density at radius 3 is 3.15 bits per heavy atom. The van der Waals surface area contributed by atoms with Gasteiger partial charge in [0.25, 0.3) is 5.91 Å². The van der Waals surface area contributed by atoms with Crippen LogP contribution in [0.2, 0.25) is 0 Å². The van der Waals surface area contributed by atoms with E-state index >= 15 is 0 Å². The maximum Gasteiger partial charge on any atom is 0.252 e. The van der Waals surface area contributed by atoms with Gasteiger partial charge in [0.05, 0.1) is 18.3 Å². The van der Waals surface area contributed by atoms with Crippen LogP contribution in [0.25, 0.3) is 5.65 Å². The topological polar surface area (TPSA) is 97.5 Å². The van der Waals surface area contributed by atoms with Crippen LogP contribution in [0.3, 0.4) is 0 Å². The lowest BCUT2D eigenvalue weighted by Crippen LogP contribution is -2.34. The van der Waals surface area contributed by atoms with Gasteiger partial charge >= 0.3 is 0 Å². The van der Waals surface area contributed by atoms with Crippen molar-refractivity contribution in [1.82, 2.24) is 30.1 Å². The molecule has 138 valence electrons. The summed E-state index contributed by atoms with van der Waals surface area (Å²) in [6.45, 7) is 2.94. The third kappa shape index (κ3) is 2.99. The Labute approximate surface area is 155 Å². The molecule has 0 bridgehead atoms. The predicted octanol–water partition coefficient (Wildman–Crippen LogP) is 0.401. The molecule has 9 nitrogen and oxygen atoms in total. The summed E-state index contributed by atoms with van der Waals surface area (Å²) in [6, 6.07) is 7.40. The number of hydrogen-bond donors (Lipinski definition) is 1. The van der Waals surface area contributed by atoms with E-state index in [9.17, 15) is 4.79 Å². The first-order chi connectivity index (χ1) is 13.3. The van der Waals surface area contributed by atoms with E-state index in [1.807, 2.05) is 12.1 Å². The lowest BCUT2D eigenvalue weighted by atomic mass is 9.93. The molecule has 2 aliphatic heterocycles. The molecule has 1 amide bonds. The van der Waals surface area contributed by atoms with E-state index in [0.29, 0.717) is 30.6 Å². The lowest BCUT2D eigenvalue weighted by Gasteiger charge is -2.20. The molecule has 0 aliphatic carbocycles. The first-order valence-corrected chi connectivity index (χ1v) is 9.00. The largest absolute Gasteiger partial charge is 0.376 e. The second-order valence-corrected chi connectivity index (χ2v) is 6.98. The number of pyridine rings is 1. The molecule has 2 aliphatic rings. The molecular weight excluding hydrogens is 346 g/mol. The van der Waals surface area contributed by atoms with Gasteiger partial charge in [-0.15, -0.1) is 15.3 Å². The van der Waals surface area contributed by atoms with E-state index in [-0.39, 0.29) is 12.0 Å². The highest BCUT2D eigenvalue weighted by atomic mass is 16.5. The van der Waals surface area contributed by atoms with E-state index in [1.54, 1.807) is 35.4 Å². The van der Waals surface area contributed by atoms with E-state index < -0.39 is 0 Å². The van der Waals surface area contributed by atoms with Gasteiger partial charge in [0, 0.05) is 43.9 Å². The highest BCUT2D eigenvalue weighted by molar-refractivity contribution is 5.93. The van der Waals surface area contributed by atoms with Crippen molar-refractivity contribution >= 4 is 17.4 Å². The zero-order valence-electron chi connectivity index (χ0n) is 14.6. The second kappa shape index (κ2) is 6.58. The zero-order chi connectivity index (χ0) is 18.2. The number of nitrogens with one attached hydrogen (secondary N) is 1. The van der Waals surface area contributed by atoms with Crippen LogP contribution in [0, 0.1) is 11.8 Å². The van der Waals surface area contributed by atoms with Crippen molar-refractivity contribution in [2.75, 3.05) is 31.1 Å².